The highest BCUT2D eigenvalue weighted by Gasteiger charge is 2.18. The highest BCUT2D eigenvalue weighted by molar-refractivity contribution is 7.84. The van der Waals surface area contributed by atoms with E-state index in [4.69, 9.17) is 0 Å². The Hall–Kier alpha value is -0.840. The Morgan fingerprint density at radius 1 is 1.45 bits per heavy atom. The van der Waals surface area contributed by atoms with Crippen LogP contribution in [0.5, 0.6) is 0 Å². The molecule has 1 saturated carbocycles. The largest absolute Gasteiger partial charge is 0.356 e. The molecule has 1 fully saturated rings. The summed E-state index contributed by atoms with van der Waals surface area (Å²) in [5.74, 6) is 0.989. The first-order valence-corrected chi connectivity index (χ1v) is 9.31. The fraction of sp³-hybridized carbons (Fsp3) is 0.800. The van der Waals surface area contributed by atoms with E-state index in [1.807, 2.05) is 13.8 Å². The van der Waals surface area contributed by atoms with E-state index >= 15 is 0 Å². The number of hydrogen-bond donors (Lipinski definition) is 1. The van der Waals surface area contributed by atoms with Crippen molar-refractivity contribution in [1.29, 1.82) is 0 Å². The normalized spacial score (nSPS) is 19.8. The van der Waals surface area contributed by atoms with Gasteiger partial charge < -0.3 is 9.88 Å². The molecule has 1 heterocycles. The van der Waals surface area contributed by atoms with E-state index < -0.39 is 10.8 Å². The molecule has 1 aromatic heterocycles. The van der Waals surface area contributed by atoms with Gasteiger partial charge in [0.05, 0.1) is 5.69 Å². The van der Waals surface area contributed by atoms with Gasteiger partial charge in [-0.2, -0.15) is 0 Å². The van der Waals surface area contributed by atoms with Crippen molar-refractivity contribution in [3.8, 4) is 0 Å². The minimum absolute atomic E-state index is 0.238. The average Bonchev–Trinajstić information content (AvgIpc) is 2.80. The Labute approximate surface area is 124 Å². The third kappa shape index (κ3) is 4.08. The number of imidazole rings is 1. The van der Waals surface area contributed by atoms with Gasteiger partial charge in [0, 0.05) is 41.1 Å². The smallest absolute Gasteiger partial charge is 0.203 e. The lowest BCUT2D eigenvalue weighted by atomic mass is 9.95. The van der Waals surface area contributed by atoms with E-state index in [9.17, 15) is 4.21 Å². The lowest BCUT2D eigenvalue weighted by Gasteiger charge is -2.24. The third-order valence-corrected chi connectivity index (χ3v) is 5.59. The van der Waals surface area contributed by atoms with E-state index in [0.29, 0.717) is 6.04 Å². The number of anilines is 1. The van der Waals surface area contributed by atoms with Gasteiger partial charge in [0.1, 0.15) is 0 Å². The zero-order chi connectivity index (χ0) is 14.5. The number of nitrogens with zero attached hydrogens (tertiary/aromatic N) is 2. The van der Waals surface area contributed by atoms with Gasteiger partial charge in [-0.3, -0.25) is 4.21 Å². The van der Waals surface area contributed by atoms with Gasteiger partial charge in [-0.1, -0.05) is 26.2 Å². The first kappa shape index (κ1) is 15.5. The Morgan fingerprint density at radius 3 is 2.80 bits per heavy atom. The van der Waals surface area contributed by atoms with Crippen LogP contribution in [0.1, 0.15) is 57.2 Å². The van der Waals surface area contributed by atoms with Crippen LogP contribution in [0.3, 0.4) is 0 Å². The SMILES string of the molecule is Cc1cn(C2CCCCC2)c(NCCC(C)S(C)=O)n1. The molecule has 1 aliphatic rings. The highest BCUT2D eigenvalue weighted by atomic mass is 32.2. The molecule has 0 saturated heterocycles. The van der Waals surface area contributed by atoms with Crippen LogP contribution >= 0.6 is 0 Å². The van der Waals surface area contributed by atoms with Crippen LogP contribution in [0.4, 0.5) is 5.95 Å². The van der Waals surface area contributed by atoms with Gasteiger partial charge in [0.2, 0.25) is 5.95 Å². The fourth-order valence-electron chi connectivity index (χ4n) is 2.84. The molecule has 20 heavy (non-hydrogen) atoms. The van der Waals surface area contributed by atoms with Crippen LogP contribution in [0.2, 0.25) is 0 Å². The maximum absolute atomic E-state index is 11.4. The molecule has 4 nitrogen and oxygen atoms in total. The lowest BCUT2D eigenvalue weighted by Crippen LogP contribution is -2.19. The summed E-state index contributed by atoms with van der Waals surface area (Å²) >= 11 is 0. The predicted molar refractivity (Wildman–Crippen MR) is 85.7 cm³/mol. The van der Waals surface area contributed by atoms with E-state index in [0.717, 1.165) is 24.6 Å². The predicted octanol–water partition coefficient (Wildman–Crippen LogP) is 3.27. The first-order valence-electron chi connectivity index (χ1n) is 7.69. The van der Waals surface area contributed by atoms with Crippen molar-refractivity contribution in [2.75, 3.05) is 18.1 Å². The molecule has 114 valence electrons. The Balaban J connectivity index is 1.95. The van der Waals surface area contributed by atoms with E-state index in [2.05, 4.69) is 21.1 Å². The van der Waals surface area contributed by atoms with Crippen molar-refractivity contribution < 1.29 is 4.21 Å². The van der Waals surface area contributed by atoms with Gasteiger partial charge in [-0.05, 0) is 26.2 Å². The number of aryl methyl sites for hydroxylation is 1. The summed E-state index contributed by atoms with van der Waals surface area (Å²) in [7, 11) is -0.740. The summed E-state index contributed by atoms with van der Waals surface area (Å²) < 4.78 is 13.7. The molecule has 1 N–H and O–H groups in total. The molecule has 2 atom stereocenters. The van der Waals surface area contributed by atoms with Crippen molar-refractivity contribution in [2.45, 2.75) is 63.7 Å². The van der Waals surface area contributed by atoms with Gasteiger partial charge >= 0.3 is 0 Å². The van der Waals surface area contributed by atoms with Crippen molar-refractivity contribution >= 4 is 16.7 Å². The third-order valence-electron chi connectivity index (χ3n) is 4.22. The molecule has 0 aromatic carbocycles. The van der Waals surface area contributed by atoms with E-state index in [1.54, 1.807) is 6.26 Å². The number of nitrogens with one attached hydrogen (secondary N) is 1. The summed E-state index contributed by atoms with van der Waals surface area (Å²) in [5, 5.41) is 3.67. The molecular formula is C15H27N3OS. The van der Waals surface area contributed by atoms with Gasteiger partial charge in [-0.25, -0.2) is 4.98 Å². The summed E-state index contributed by atoms with van der Waals surface area (Å²) in [6.07, 6.45) is 11.4. The van der Waals surface area contributed by atoms with Gasteiger partial charge in [0.15, 0.2) is 0 Å². The number of hydrogen-bond acceptors (Lipinski definition) is 3. The first-order chi connectivity index (χ1) is 9.58. The molecule has 5 heteroatoms. The van der Waals surface area contributed by atoms with Crippen LogP contribution < -0.4 is 5.32 Å². The highest BCUT2D eigenvalue weighted by Crippen LogP contribution is 2.30. The maximum atomic E-state index is 11.4. The van der Waals surface area contributed by atoms with Crippen LogP contribution in [0.25, 0.3) is 0 Å². The van der Waals surface area contributed by atoms with Crippen LogP contribution in [0.15, 0.2) is 6.20 Å². The quantitative estimate of drug-likeness (QED) is 0.876. The zero-order valence-corrected chi connectivity index (χ0v) is 13.7. The Kier molecular flexibility index (Phi) is 5.64. The van der Waals surface area contributed by atoms with Crippen LogP contribution in [-0.2, 0) is 10.8 Å². The van der Waals surface area contributed by atoms with Crippen molar-refractivity contribution in [3.63, 3.8) is 0 Å². The number of aromatic nitrogens is 2. The minimum atomic E-state index is -0.740. The van der Waals surface area contributed by atoms with Gasteiger partial charge in [0.25, 0.3) is 0 Å². The van der Waals surface area contributed by atoms with Crippen molar-refractivity contribution in [2.24, 2.45) is 0 Å². The summed E-state index contributed by atoms with van der Waals surface area (Å²) in [5.41, 5.74) is 1.07. The van der Waals surface area contributed by atoms with Crippen molar-refractivity contribution in [1.82, 2.24) is 9.55 Å². The minimum Gasteiger partial charge on any atom is -0.356 e. The topological polar surface area (TPSA) is 46.9 Å². The second kappa shape index (κ2) is 7.25. The molecule has 0 amide bonds. The van der Waals surface area contributed by atoms with E-state index in [-0.39, 0.29) is 5.25 Å². The molecule has 2 rings (SSSR count). The van der Waals surface area contributed by atoms with Crippen molar-refractivity contribution in [3.05, 3.63) is 11.9 Å². The molecule has 1 aliphatic carbocycles. The Morgan fingerprint density at radius 2 is 2.15 bits per heavy atom. The second-order valence-electron chi connectivity index (χ2n) is 5.93. The standard InChI is InChI=1S/C15H27N3OS/c1-12-11-18(14-7-5-4-6-8-14)15(17-12)16-10-9-13(2)20(3)19/h11,13-14H,4-10H2,1-3H3,(H,16,17). The zero-order valence-electron chi connectivity index (χ0n) is 12.9. The summed E-state index contributed by atoms with van der Waals surface area (Å²) in [6, 6.07) is 0.602. The molecule has 0 radical (unpaired) electrons. The second-order valence-corrected chi connectivity index (χ2v) is 7.73. The van der Waals surface area contributed by atoms with Gasteiger partial charge in [-0.15, -0.1) is 0 Å². The maximum Gasteiger partial charge on any atom is 0.203 e. The van der Waals surface area contributed by atoms with Crippen LogP contribution in [-0.4, -0.2) is 31.8 Å². The molecule has 0 bridgehead atoms. The number of rotatable bonds is 6. The molecule has 0 aliphatic heterocycles. The van der Waals surface area contributed by atoms with E-state index in [1.165, 1.54) is 32.1 Å². The monoisotopic (exact) mass is 297 g/mol. The molecule has 1 aromatic rings. The average molecular weight is 297 g/mol. The summed E-state index contributed by atoms with van der Waals surface area (Å²) in [4.78, 5) is 4.60. The molecular weight excluding hydrogens is 270 g/mol. The lowest BCUT2D eigenvalue weighted by molar-refractivity contribution is 0.355. The molecule has 0 spiro atoms. The summed E-state index contributed by atoms with van der Waals surface area (Å²) in [6.45, 7) is 4.93. The van der Waals surface area contributed by atoms with Crippen LogP contribution in [0, 0.1) is 6.92 Å². The fourth-order valence-corrected chi connectivity index (χ4v) is 3.29. The Bertz CT molecular complexity index is 452. The molecule has 2 unspecified atom stereocenters.